The molecule has 0 aliphatic carbocycles. The lowest BCUT2D eigenvalue weighted by Gasteiger charge is -1.93. The van der Waals surface area contributed by atoms with Gasteiger partial charge in [0.1, 0.15) is 0 Å². The average molecular weight is 162 g/mol. The lowest BCUT2D eigenvalue weighted by atomic mass is 10.2. The Hall–Kier alpha value is -1.15. The van der Waals surface area contributed by atoms with Crippen molar-refractivity contribution in [2.75, 3.05) is 6.54 Å². The lowest BCUT2D eigenvalue weighted by molar-refractivity contribution is 1.01. The van der Waals surface area contributed by atoms with E-state index in [0.29, 0.717) is 6.54 Å². The molecule has 1 heterocycles. The predicted molar refractivity (Wildman–Crippen MR) is 51.7 cm³/mol. The van der Waals surface area contributed by atoms with Gasteiger partial charge in [0.05, 0.1) is 0 Å². The van der Waals surface area contributed by atoms with Crippen molar-refractivity contribution >= 4 is 6.08 Å². The Labute approximate surface area is 73.1 Å². The highest BCUT2D eigenvalue weighted by Gasteiger charge is 1.86. The third-order valence-corrected chi connectivity index (χ3v) is 1.54. The number of aromatic nitrogens is 1. The van der Waals surface area contributed by atoms with Crippen molar-refractivity contribution in [3.63, 3.8) is 0 Å². The van der Waals surface area contributed by atoms with Crippen LogP contribution in [-0.4, -0.2) is 11.5 Å². The maximum absolute atomic E-state index is 5.36. The number of rotatable bonds is 3. The minimum absolute atomic E-state index is 0.704. The summed E-state index contributed by atoms with van der Waals surface area (Å²) in [6.07, 6.45) is 8.73. The maximum Gasteiger partial charge on any atom is 0.0340 e. The Morgan fingerprint density at radius 2 is 2.33 bits per heavy atom. The molecular formula is C10H14N2. The summed E-state index contributed by atoms with van der Waals surface area (Å²) in [6.45, 7) is 2.74. The normalized spacial score (nSPS) is 10.8. The highest BCUT2D eigenvalue weighted by atomic mass is 14.6. The molecule has 1 rings (SSSR count). The van der Waals surface area contributed by atoms with Crippen molar-refractivity contribution < 1.29 is 0 Å². The van der Waals surface area contributed by atoms with Crippen LogP contribution in [0.25, 0.3) is 6.08 Å². The number of pyridine rings is 1. The number of hydrogen-bond donors (Lipinski definition) is 1. The van der Waals surface area contributed by atoms with Gasteiger partial charge in [-0.2, -0.15) is 0 Å². The average Bonchev–Trinajstić information content (AvgIpc) is 2.05. The summed E-state index contributed by atoms with van der Waals surface area (Å²) in [7, 11) is 0. The van der Waals surface area contributed by atoms with Crippen LogP contribution in [0, 0.1) is 6.92 Å². The van der Waals surface area contributed by atoms with Crippen LogP contribution in [0.4, 0.5) is 0 Å². The van der Waals surface area contributed by atoms with Gasteiger partial charge >= 0.3 is 0 Å². The zero-order valence-corrected chi connectivity index (χ0v) is 7.33. The summed E-state index contributed by atoms with van der Waals surface area (Å²) in [5, 5.41) is 0. The molecule has 0 spiro atoms. The summed E-state index contributed by atoms with van der Waals surface area (Å²) in [5.41, 5.74) is 7.68. The maximum atomic E-state index is 5.36. The topological polar surface area (TPSA) is 38.9 Å². The van der Waals surface area contributed by atoms with Gasteiger partial charge in [-0.1, -0.05) is 12.2 Å². The van der Waals surface area contributed by atoms with E-state index in [-0.39, 0.29) is 0 Å². The van der Waals surface area contributed by atoms with E-state index in [9.17, 15) is 0 Å². The molecule has 12 heavy (non-hydrogen) atoms. The van der Waals surface area contributed by atoms with E-state index >= 15 is 0 Å². The first-order chi connectivity index (χ1) is 5.83. The van der Waals surface area contributed by atoms with Crippen LogP contribution in [0.5, 0.6) is 0 Å². The molecule has 1 aromatic heterocycles. The SMILES string of the molecule is Cc1cncc(/C=C/CCN)c1. The number of nitrogens with two attached hydrogens (primary N) is 1. The Morgan fingerprint density at radius 1 is 1.50 bits per heavy atom. The number of hydrogen-bond acceptors (Lipinski definition) is 2. The zero-order valence-electron chi connectivity index (χ0n) is 7.33. The standard InChI is InChI=1S/C10H14N2/c1-9-6-10(8-12-7-9)4-2-3-5-11/h2,4,6-8H,3,5,11H2,1H3/b4-2+. The highest BCUT2D eigenvalue weighted by molar-refractivity contribution is 5.48. The summed E-state index contributed by atoms with van der Waals surface area (Å²) >= 11 is 0. The van der Waals surface area contributed by atoms with E-state index in [2.05, 4.69) is 17.1 Å². The van der Waals surface area contributed by atoms with Gasteiger partial charge in [-0.25, -0.2) is 0 Å². The molecule has 0 amide bonds. The molecule has 0 saturated heterocycles. The third-order valence-electron chi connectivity index (χ3n) is 1.54. The summed E-state index contributed by atoms with van der Waals surface area (Å²) in [5.74, 6) is 0. The monoisotopic (exact) mass is 162 g/mol. The van der Waals surface area contributed by atoms with Crippen LogP contribution in [0.2, 0.25) is 0 Å². The smallest absolute Gasteiger partial charge is 0.0340 e. The molecule has 2 nitrogen and oxygen atoms in total. The summed E-state index contributed by atoms with van der Waals surface area (Å²) < 4.78 is 0. The van der Waals surface area contributed by atoms with Crippen molar-refractivity contribution in [1.82, 2.24) is 4.98 Å². The molecule has 0 radical (unpaired) electrons. The molecule has 64 valence electrons. The molecule has 0 atom stereocenters. The molecule has 0 bridgehead atoms. The molecule has 0 aliphatic heterocycles. The largest absolute Gasteiger partial charge is 0.330 e. The molecule has 0 saturated carbocycles. The summed E-state index contributed by atoms with van der Waals surface area (Å²) in [6, 6.07) is 2.10. The van der Waals surface area contributed by atoms with Gasteiger partial charge in [0.15, 0.2) is 0 Å². The fraction of sp³-hybridized carbons (Fsp3) is 0.300. The van der Waals surface area contributed by atoms with Crippen LogP contribution >= 0.6 is 0 Å². The van der Waals surface area contributed by atoms with Gasteiger partial charge in [-0.05, 0) is 37.1 Å². The van der Waals surface area contributed by atoms with E-state index in [1.165, 1.54) is 5.56 Å². The van der Waals surface area contributed by atoms with E-state index in [0.717, 1.165) is 12.0 Å². The van der Waals surface area contributed by atoms with Crippen LogP contribution in [0.15, 0.2) is 24.5 Å². The first kappa shape index (κ1) is 8.94. The van der Waals surface area contributed by atoms with E-state index in [1.807, 2.05) is 25.4 Å². The van der Waals surface area contributed by atoms with Gasteiger partial charge in [0.2, 0.25) is 0 Å². The lowest BCUT2D eigenvalue weighted by Crippen LogP contribution is -1.94. The molecule has 1 aromatic rings. The Balaban J connectivity index is 2.63. The number of nitrogens with zero attached hydrogens (tertiary/aromatic N) is 1. The van der Waals surface area contributed by atoms with Crippen LogP contribution in [-0.2, 0) is 0 Å². The molecular weight excluding hydrogens is 148 g/mol. The van der Waals surface area contributed by atoms with Gasteiger partial charge in [-0.15, -0.1) is 0 Å². The fourth-order valence-corrected chi connectivity index (χ4v) is 0.985. The van der Waals surface area contributed by atoms with Gasteiger partial charge in [-0.3, -0.25) is 4.98 Å². The van der Waals surface area contributed by atoms with E-state index in [1.54, 1.807) is 0 Å². The van der Waals surface area contributed by atoms with Crippen LogP contribution in [0.1, 0.15) is 17.5 Å². The predicted octanol–water partition coefficient (Wildman–Crippen LogP) is 1.75. The zero-order chi connectivity index (χ0) is 8.81. The Kier molecular flexibility index (Phi) is 3.48. The van der Waals surface area contributed by atoms with E-state index < -0.39 is 0 Å². The Bertz CT molecular complexity index is 266. The highest BCUT2D eigenvalue weighted by Crippen LogP contribution is 2.03. The minimum Gasteiger partial charge on any atom is -0.330 e. The molecule has 0 aliphatic rings. The van der Waals surface area contributed by atoms with Gasteiger partial charge in [0.25, 0.3) is 0 Å². The van der Waals surface area contributed by atoms with Crippen molar-refractivity contribution in [3.8, 4) is 0 Å². The second-order valence-electron chi connectivity index (χ2n) is 2.78. The minimum atomic E-state index is 0.704. The molecule has 2 heteroatoms. The second kappa shape index (κ2) is 4.67. The van der Waals surface area contributed by atoms with Crippen LogP contribution < -0.4 is 5.73 Å². The van der Waals surface area contributed by atoms with Crippen molar-refractivity contribution in [3.05, 3.63) is 35.7 Å². The molecule has 0 fully saturated rings. The van der Waals surface area contributed by atoms with Crippen molar-refractivity contribution in [1.29, 1.82) is 0 Å². The first-order valence-electron chi connectivity index (χ1n) is 4.11. The van der Waals surface area contributed by atoms with Gasteiger partial charge in [0, 0.05) is 12.4 Å². The molecule has 2 N–H and O–H groups in total. The van der Waals surface area contributed by atoms with Crippen molar-refractivity contribution in [2.45, 2.75) is 13.3 Å². The summed E-state index contributed by atoms with van der Waals surface area (Å²) in [4.78, 5) is 4.08. The van der Waals surface area contributed by atoms with Crippen molar-refractivity contribution in [2.24, 2.45) is 5.73 Å². The molecule has 0 unspecified atom stereocenters. The third kappa shape index (κ3) is 2.84. The fourth-order valence-electron chi connectivity index (χ4n) is 0.985. The number of aryl methyl sites for hydroxylation is 1. The first-order valence-corrected chi connectivity index (χ1v) is 4.11. The second-order valence-corrected chi connectivity index (χ2v) is 2.78. The quantitative estimate of drug-likeness (QED) is 0.735. The van der Waals surface area contributed by atoms with Gasteiger partial charge < -0.3 is 5.73 Å². The Morgan fingerprint density at radius 3 is 3.00 bits per heavy atom. The van der Waals surface area contributed by atoms with Crippen LogP contribution in [0.3, 0.4) is 0 Å². The van der Waals surface area contributed by atoms with E-state index in [4.69, 9.17) is 5.73 Å². The molecule has 0 aromatic carbocycles.